The van der Waals surface area contributed by atoms with Crippen molar-refractivity contribution in [2.45, 2.75) is 40.3 Å². The lowest BCUT2D eigenvalue weighted by Gasteiger charge is -2.10. The first-order chi connectivity index (χ1) is 12.0. The fraction of sp³-hybridized carbons (Fsp3) is 0.333. The van der Waals surface area contributed by atoms with E-state index in [1.807, 2.05) is 45.9 Å². The highest BCUT2D eigenvalue weighted by molar-refractivity contribution is 5.37. The molecule has 3 aromatic heterocycles. The third-order valence-electron chi connectivity index (χ3n) is 3.48. The van der Waals surface area contributed by atoms with Gasteiger partial charge in [-0.25, -0.2) is 14.6 Å². The molecule has 3 rings (SSSR count). The van der Waals surface area contributed by atoms with Crippen molar-refractivity contribution in [2.24, 2.45) is 0 Å². The van der Waals surface area contributed by atoms with E-state index in [1.54, 1.807) is 23.3 Å². The summed E-state index contributed by atoms with van der Waals surface area (Å²) in [6, 6.07) is 5.86. The number of aryl methyl sites for hydroxylation is 2. The van der Waals surface area contributed by atoms with Crippen LogP contribution < -0.4 is 10.1 Å². The van der Waals surface area contributed by atoms with Crippen molar-refractivity contribution < 1.29 is 4.74 Å². The second-order valence-corrected chi connectivity index (χ2v) is 6.13. The predicted octanol–water partition coefficient (Wildman–Crippen LogP) is 3.07. The van der Waals surface area contributed by atoms with Gasteiger partial charge in [-0.1, -0.05) is 6.07 Å². The Morgan fingerprint density at radius 2 is 2.00 bits per heavy atom. The van der Waals surface area contributed by atoms with Gasteiger partial charge in [-0.15, -0.1) is 0 Å². The maximum Gasteiger partial charge on any atom is 0.213 e. The van der Waals surface area contributed by atoms with Crippen LogP contribution in [0.15, 0.2) is 36.8 Å². The zero-order chi connectivity index (χ0) is 17.8. The van der Waals surface area contributed by atoms with Gasteiger partial charge in [0.15, 0.2) is 5.82 Å². The molecule has 0 saturated carbocycles. The Labute approximate surface area is 147 Å². The molecular weight excluding hydrogens is 316 g/mol. The van der Waals surface area contributed by atoms with Gasteiger partial charge in [-0.2, -0.15) is 5.10 Å². The average Bonchev–Trinajstić information content (AvgIpc) is 2.92. The molecule has 1 N–H and O–H groups in total. The highest BCUT2D eigenvalue weighted by atomic mass is 16.5. The molecule has 0 radical (unpaired) electrons. The second kappa shape index (κ2) is 7.29. The molecule has 0 atom stereocenters. The van der Waals surface area contributed by atoms with E-state index < -0.39 is 0 Å². The van der Waals surface area contributed by atoms with Crippen LogP contribution in [-0.4, -0.2) is 30.8 Å². The SMILES string of the molecule is Cc1cc(C)n(-c2cncc(NCc3ccc(OC(C)C)nc3)n2)n1. The van der Waals surface area contributed by atoms with E-state index in [1.165, 1.54) is 0 Å². The van der Waals surface area contributed by atoms with E-state index in [-0.39, 0.29) is 6.10 Å². The zero-order valence-corrected chi connectivity index (χ0v) is 14.9. The molecule has 7 heteroatoms. The highest BCUT2D eigenvalue weighted by Gasteiger charge is 2.07. The Morgan fingerprint density at radius 1 is 1.16 bits per heavy atom. The third kappa shape index (κ3) is 4.32. The van der Waals surface area contributed by atoms with Gasteiger partial charge in [-0.05, 0) is 39.3 Å². The molecule has 0 amide bonds. The van der Waals surface area contributed by atoms with E-state index in [4.69, 9.17) is 4.74 Å². The number of ether oxygens (including phenoxy) is 1. The molecule has 25 heavy (non-hydrogen) atoms. The minimum atomic E-state index is 0.115. The molecule has 3 heterocycles. The minimum absolute atomic E-state index is 0.115. The van der Waals surface area contributed by atoms with Crippen molar-refractivity contribution in [1.82, 2.24) is 24.7 Å². The maximum absolute atomic E-state index is 5.55. The van der Waals surface area contributed by atoms with Gasteiger partial charge in [0.1, 0.15) is 5.82 Å². The van der Waals surface area contributed by atoms with Gasteiger partial charge in [0.2, 0.25) is 5.88 Å². The average molecular weight is 338 g/mol. The largest absolute Gasteiger partial charge is 0.475 e. The summed E-state index contributed by atoms with van der Waals surface area (Å²) < 4.78 is 7.33. The smallest absolute Gasteiger partial charge is 0.213 e. The number of anilines is 1. The first-order valence-electron chi connectivity index (χ1n) is 8.22. The van der Waals surface area contributed by atoms with Crippen LogP contribution in [0.4, 0.5) is 5.82 Å². The van der Waals surface area contributed by atoms with E-state index in [0.717, 1.165) is 17.0 Å². The number of hydrogen-bond acceptors (Lipinski definition) is 6. The first kappa shape index (κ1) is 16.9. The Bertz CT molecular complexity index is 841. The fourth-order valence-corrected chi connectivity index (χ4v) is 2.42. The maximum atomic E-state index is 5.55. The lowest BCUT2D eigenvalue weighted by molar-refractivity contribution is 0.232. The standard InChI is InChI=1S/C18H22N6O/c1-12(2)25-18-6-5-15(9-21-18)8-20-16-10-19-11-17(22-16)24-14(4)7-13(3)23-24/h5-7,9-12H,8H2,1-4H3,(H,20,22). The van der Waals surface area contributed by atoms with Crippen LogP contribution >= 0.6 is 0 Å². The van der Waals surface area contributed by atoms with Crippen LogP contribution in [0.1, 0.15) is 30.8 Å². The van der Waals surface area contributed by atoms with Crippen LogP contribution in [-0.2, 0) is 6.54 Å². The summed E-state index contributed by atoms with van der Waals surface area (Å²) in [6.45, 7) is 8.51. The predicted molar refractivity (Wildman–Crippen MR) is 96.0 cm³/mol. The molecule has 7 nitrogen and oxygen atoms in total. The van der Waals surface area contributed by atoms with Gasteiger partial charge in [0.05, 0.1) is 24.2 Å². The zero-order valence-electron chi connectivity index (χ0n) is 14.9. The Hall–Kier alpha value is -2.96. The summed E-state index contributed by atoms with van der Waals surface area (Å²) in [7, 11) is 0. The van der Waals surface area contributed by atoms with Crippen LogP contribution in [0.2, 0.25) is 0 Å². The first-order valence-corrected chi connectivity index (χ1v) is 8.22. The Kier molecular flexibility index (Phi) is 4.92. The summed E-state index contributed by atoms with van der Waals surface area (Å²) in [5.74, 6) is 2.01. The molecule has 3 aromatic rings. The molecule has 0 aliphatic rings. The van der Waals surface area contributed by atoms with E-state index in [9.17, 15) is 0 Å². The normalized spacial score (nSPS) is 10.9. The molecule has 0 unspecified atom stereocenters. The number of hydrogen-bond donors (Lipinski definition) is 1. The molecule has 0 saturated heterocycles. The minimum Gasteiger partial charge on any atom is -0.475 e. The Morgan fingerprint density at radius 3 is 2.64 bits per heavy atom. The molecule has 130 valence electrons. The lowest BCUT2D eigenvalue weighted by atomic mass is 10.3. The molecule has 0 bridgehead atoms. The van der Waals surface area contributed by atoms with Crippen LogP contribution in [0.25, 0.3) is 5.82 Å². The number of aromatic nitrogens is 5. The number of pyridine rings is 1. The molecule has 0 aliphatic carbocycles. The molecular formula is C18H22N6O. The summed E-state index contributed by atoms with van der Waals surface area (Å²) in [4.78, 5) is 13.1. The van der Waals surface area contributed by atoms with Crippen LogP contribution in [0.5, 0.6) is 5.88 Å². The van der Waals surface area contributed by atoms with Crippen molar-refractivity contribution in [3.8, 4) is 11.7 Å². The molecule has 0 aromatic carbocycles. The van der Waals surface area contributed by atoms with Gasteiger partial charge < -0.3 is 10.1 Å². The third-order valence-corrected chi connectivity index (χ3v) is 3.48. The number of rotatable bonds is 6. The second-order valence-electron chi connectivity index (χ2n) is 6.13. The van der Waals surface area contributed by atoms with E-state index in [0.29, 0.717) is 24.1 Å². The Balaban J connectivity index is 1.67. The molecule has 0 aliphatic heterocycles. The highest BCUT2D eigenvalue weighted by Crippen LogP contribution is 2.13. The van der Waals surface area contributed by atoms with Crippen LogP contribution in [0, 0.1) is 13.8 Å². The fourth-order valence-electron chi connectivity index (χ4n) is 2.42. The van der Waals surface area contributed by atoms with E-state index >= 15 is 0 Å². The number of nitrogens with one attached hydrogen (secondary N) is 1. The van der Waals surface area contributed by atoms with E-state index in [2.05, 4.69) is 25.4 Å². The van der Waals surface area contributed by atoms with Crippen molar-refractivity contribution in [3.63, 3.8) is 0 Å². The topological polar surface area (TPSA) is 77.8 Å². The van der Waals surface area contributed by atoms with Crippen molar-refractivity contribution in [2.75, 3.05) is 5.32 Å². The van der Waals surface area contributed by atoms with Gasteiger partial charge in [0, 0.05) is 24.5 Å². The summed E-state index contributed by atoms with van der Waals surface area (Å²) in [6.07, 6.45) is 5.30. The molecule has 0 spiro atoms. The van der Waals surface area contributed by atoms with Gasteiger partial charge in [-0.3, -0.25) is 4.98 Å². The van der Waals surface area contributed by atoms with Crippen molar-refractivity contribution >= 4 is 5.82 Å². The molecule has 0 fully saturated rings. The number of nitrogens with zero attached hydrogens (tertiary/aromatic N) is 5. The summed E-state index contributed by atoms with van der Waals surface area (Å²) in [5.41, 5.74) is 3.01. The van der Waals surface area contributed by atoms with Crippen LogP contribution in [0.3, 0.4) is 0 Å². The summed E-state index contributed by atoms with van der Waals surface area (Å²) >= 11 is 0. The lowest BCUT2D eigenvalue weighted by Crippen LogP contribution is -2.08. The monoisotopic (exact) mass is 338 g/mol. The summed E-state index contributed by atoms with van der Waals surface area (Å²) in [5, 5.41) is 7.70. The van der Waals surface area contributed by atoms with Gasteiger partial charge >= 0.3 is 0 Å². The van der Waals surface area contributed by atoms with Gasteiger partial charge in [0.25, 0.3) is 0 Å². The van der Waals surface area contributed by atoms with Crippen molar-refractivity contribution in [1.29, 1.82) is 0 Å². The quantitative estimate of drug-likeness (QED) is 0.744. The van der Waals surface area contributed by atoms with Crippen molar-refractivity contribution in [3.05, 3.63) is 53.7 Å².